The number of nitrogens with one attached hydrogen (secondary N) is 1. The molecule has 1 heterocycles. The van der Waals surface area contributed by atoms with Gasteiger partial charge in [0.05, 0.1) is 5.69 Å². The monoisotopic (exact) mass is 300 g/mol. The first-order valence-electron chi connectivity index (χ1n) is 5.32. The van der Waals surface area contributed by atoms with E-state index >= 15 is 0 Å². The minimum Gasteiger partial charge on any atom is -0.396 e. The van der Waals surface area contributed by atoms with Crippen LogP contribution in [0, 0.1) is 40.4 Å². The van der Waals surface area contributed by atoms with Crippen molar-refractivity contribution in [2.75, 3.05) is 11.1 Å². The van der Waals surface area contributed by atoms with Crippen LogP contribution in [0.4, 0.5) is 39.1 Å². The lowest BCUT2D eigenvalue weighted by Crippen LogP contribution is -2.08. The molecule has 0 unspecified atom stereocenters. The van der Waals surface area contributed by atoms with Gasteiger partial charge in [-0.25, -0.2) is 26.9 Å². The molecule has 0 bridgehead atoms. The summed E-state index contributed by atoms with van der Waals surface area (Å²) in [5.74, 6) is -10.8. The van der Waals surface area contributed by atoms with Crippen molar-refractivity contribution in [3.63, 3.8) is 0 Å². The summed E-state index contributed by atoms with van der Waals surface area (Å²) in [6, 6.07) is 3.92. The fourth-order valence-electron chi connectivity index (χ4n) is 1.47. The number of pyridine rings is 1. The topological polar surface area (TPSA) is 74.7 Å². The van der Waals surface area contributed by atoms with Gasteiger partial charge in [0, 0.05) is 0 Å². The third kappa shape index (κ3) is 2.43. The van der Waals surface area contributed by atoms with Gasteiger partial charge in [-0.3, -0.25) is 0 Å². The van der Waals surface area contributed by atoms with Gasteiger partial charge in [-0.2, -0.15) is 5.26 Å². The summed E-state index contributed by atoms with van der Waals surface area (Å²) in [6.07, 6.45) is 0. The molecule has 3 N–H and O–H groups in total. The number of aromatic nitrogens is 1. The fraction of sp³-hybridized carbons (Fsp3) is 0. The van der Waals surface area contributed by atoms with E-state index in [0.717, 1.165) is 6.07 Å². The van der Waals surface area contributed by atoms with Crippen LogP contribution >= 0.6 is 0 Å². The number of rotatable bonds is 2. The normalized spacial score (nSPS) is 10.3. The Hall–Kier alpha value is -2.89. The number of nitrogen functional groups attached to an aromatic ring is 1. The summed E-state index contributed by atoms with van der Waals surface area (Å²) in [5, 5.41) is 10.6. The maximum Gasteiger partial charge on any atom is 0.200 e. The summed E-state index contributed by atoms with van der Waals surface area (Å²) < 4.78 is 65.8. The SMILES string of the molecule is N#Cc1nc(Nc2c(F)c(F)c(F)c(F)c2F)ccc1N. The largest absolute Gasteiger partial charge is 0.396 e. The van der Waals surface area contributed by atoms with Crippen LogP contribution in [0.3, 0.4) is 0 Å². The van der Waals surface area contributed by atoms with Gasteiger partial charge in [0.1, 0.15) is 17.6 Å². The zero-order valence-electron chi connectivity index (χ0n) is 10.0. The van der Waals surface area contributed by atoms with E-state index in [2.05, 4.69) is 4.98 Å². The van der Waals surface area contributed by atoms with Crippen LogP contribution in [0.15, 0.2) is 12.1 Å². The van der Waals surface area contributed by atoms with Gasteiger partial charge in [-0.1, -0.05) is 0 Å². The fourth-order valence-corrected chi connectivity index (χ4v) is 1.47. The third-order valence-electron chi connectivity index (χ3n) is 2.50. The van der Waals surface area contributed by atoms with Crippen molar-refractivity contribution >= 4 is 17.2 Å². The summed E-state index contributed by atoms with van der Waals surface area (Å²) in [6.45, 7) is 0. The molecule has 0 fully saturated rings. The van der Waals surface area contributed by atoms with E-state index in [-0.39, 0.29) is 17.2 Å². The van der Waals surface area contributed by atoms with Crippen molar-refractivity contribution in [3.8, 4) is 6.07 Å². The predicted molar refractivity (Wildman–Crippen MR) is 62.9 cm³/mol. The molecular weight excluding hydrogens is 295 g/mol. The van der Waals surface area contributed by atoms with E-state index in [9.17, 15) is 22.0 Å². The Kier molecular flexibility index (Phi) is 3.62. The minimum atomic E-state index is -2.27. The van der Waals surface area contributed by atoms with Gasteiger partial charge in [-0.15, -0.1) is 0 Å². The molecule has 0 aliphatic heterocycles. The van der Waals surface area contributed by atoms with Gasteiger partial charge in [0.25, 0.3) is 0 Å². The van der Waals surface area contributed by atoms with E-state index in [1.807, 2.05) is 5.32 Å². The highest BCUT2D eigenvalue weighted by Crippen LogP contribution is 2.29. The van der Waals surface area contributed by atoms with Gasteiger partial charge in [0.15, 0.2) is 29.0 Å². The Morgan fingerprint density at radius 3 is 2.00 bits per heavy atom. The van der Waals surface area contributed by atoms with Crippen molar-refractivity contribution in [1.29, 1.82) is 5.26 Å². The van der Waals surface area contributed by atoms with Crippen LogP contribution in [-0.4, -0.2) is 4.98 Å². The zero-order valence-corrected chi connectivity index (χ0v) is 10.0. The van der Waals surface area contributed by atoms with Crippen molar-refractivity contribution < 1.29 is 22.0 Å². The lowest BCUT2D eigenvalue weighted by atomic mass is 10.2. The Balaban J connectivity index is 2.53. The van der Waals surface area contributed by atoms with Gasteiger partial charge in [-0.05, 0) is 12.1 Å². The standard InChI is InChI=1S/C12H5F5N4/c13-7-8(14)10(16)12(11(17)9(7)15)21-6-2-1-4(19)5(3-18)20-6/h1-2H,19H2,(H,20,21). The molecule has 0 saturated carbocycles. The summed E-state index contributed by atoms with van der Waals surface area (Å²) >= 11 is 0. The molecule has 1 aromatic carbocycles. The summed E-state index contributed by atoms with van der Waals surface area (Å²) in [7, 11) is 0. The van der Waals surface area contributed by atoms with Crippen LogP contribution in [0.1, 0.15) is 5.69 Å². The van der Waals surface area contributed by atoms with Gasteiger partial charge < -0.3 is 11.1 Å². The van der Waals surface area contributed by atoms with Gasteiger partial charge in [0.2, 0.25) is 5.82 Å². The summed E-state index contributed by atoms with van der Waals surface area (Å²) in [5.41, 5.74) is 3.86. The van der Waals surface area contributed by atoms with Crippen molar-refractivity contribution in [2.24, 2.45) is 0 Å². The Labute approximate surface area is 114 Å². The molecule has 0 aliphatic rings. The molecule has 0 aliphatic carbocycles. The minimum absolute atomic E-state index is 0.000427. The molecular formula is C12H5F5N4. The lowest BCUT2D eigenvalue weighted by molar-refractivity contribution is 0.382. The van der Waals surface area contributed by atoms with Crippen molar-refractivity contribution in [3.05, 3.63) is 46.9 Å². The van der Waals surface area contributed by atoms with Crippen molar-refractivity contribution in [1.82, 2.24) is 4.98 Å². The molecule has 2 rings (SSSR count). The average molecular weight is 300 g/mol. The molecule has 1 aromatic heterocycles. The number of nitriles is 1. The molecule has 0 spiro atoms. The van der Waals surface area contributed by atoms with E-state index in [1.54, 1.807) is 6.07 Å². The summed E-state index contributed by atoms with van der Waals surface area (Å²) in [4.78, 5) is 3.58. The van der Waals surface area contributed by atoms with E-state index in [1.165, 1.54) is 6.07 Å². The van der Waals surface area contributed by atoms with E-state index in [0.29, 0.717) is 0 Å². The Morgan fingerprint density at radius 1 is 0.952 bits per heavy atom. The van der Waals surface area contributed by atoms with Crippen molar-refractivity contribution in [2.45, 2.75) is 0 Å². The molecule has 4 nitrogen and oxygen atoms in total. The molecule has 0 atom stereocenters. The highest BCUT2D eigenvalue weighted by molar-refractivity contribution is 5.62. The van der Waals surface area contributed by atoms with E-state index < -0.39 is 34.8 Å². The number of hydrogen-bond donors (Lipinski definition) is 2. The molecule has 21 heavy (non-hydrogen) atoms. The lowest BCUT2D eigenvalue weighted by Gasteiger charge is -2.10. The first-order valence-corrected chi connectivity index (χ1v) is 5.32. The highest BCUT2D eigenvalue weighted by atomic mass is 19.2. The number of halogens is 5. The van der Waals surface area contributed by atoms with Crippen LogP contribution in [0.25, 0.3) is 0 Å². The molecule has 108 valence electrons. The second-order valence-electron chi connectivity index (χ2n) is 3.82. The number of hydrogen-bond acceptors (Lipinski definition) is 4. The van der Waals surface area contributed by atoms with Crippen LogP contribution < -0.4 is 11.1 Å². The highest BCUT2D eigenvalue weighted by Gasteiger charge is 2.26. The smallest absolute Gasteiger partial charge is 0.200 e. The Bertz CT molecular complexity index is 740. The van der Waals surface area contributed by atoms with E-state index in [4.69, 9.17) is 11.0 Å². The molecule has 0 saturated heterocycles. The molecule has 2 aromatic rings. The third-order valence-corrected chi connectivity index (χ3v) is 2.50. The molecule has 0 radical (unpaired) electrons. The quantitative estimate of drug-likeness (QED) is 0.508. The average Bonchev–Trinajstić information content (AvgIpc) is 2.49. The maximum atomic E-state index is 13.4. The maximum absolute atomic E-state index is 13.4. The number of anilines is 3. The second-order valence-corrected chi connectivity index (χ2v) is 3.82. The molecule has 0 amide bonds. The number of nitrogens with two attached hydrogens (primary N) is 1. The first kappa shape index (κ1) is 14.5. The predicted octanol–water partition coefficient (Wildman–Crippen LogP) is 2.97. The van der Waals surface area contributed by atoms with Crippen LogP contribution in [-0.2, 0) is 0 Å². The number of nitrogens with zero attached hydrogens (tertiary/aromatic N) is 2. The Morgan fingerprint density at radius 2 is 1.48 bits per heavy atom. The van der Waals surface area contributed by atoms with Gasteiger partial charge >= 0.3 is 0 Å². The van der Waals surface area contributed by atoms with Crippen LogP contribution in [0.2, 0.25) is 0 Å². The first-order chi connectivity index (χ1) is 9.86. The zero-order chi connectivity index (χ0) is 15.7. The van der Waals surface area contributed by atoms with Crippen LogP contribution in [0.5, 0.6) is 0 Å². The number of benzene rings is 1. The second kappa shape index (κ2) is 5.24. The molecule has 9 heteroatoms.